The van der Waals surface area contributed by atoms with Gasteiger partial charge in [0.2, 0.25) is 5.88 Å². The molecule has 3 heterocycles. The van der Waals surface area contributed by atoms with Gasteiger partial charge >= 0.3 is 6.55 Å². The topological polar surface area (TPSA) is 146 Å². The molecule has 0 saturated heterocycles. The molecule has 2 amide bonds. The van der Waals surface area contributed by atoms with Gasteiger partial charge in [0.05, 0.1) is 22.3 Å². The predicted molar refractivity (Wildman–Crippen MR) is 166 cm³/mol. The Kier molecular flexibility index (Phi) is 8.34. The number of primary amides is 1. The lowest BCUT2D eigenvalue weighted by Gasteiger charge is -2.28. The van der Waals surface area contributed by atoms with Crippen LogP contribution in [-0.2, 0) is 0 Å². The van der Waals surface area contributed by atoms with Gasteiger partial charge in [-0.15, -0.1) is 5.10 Å². The Hall–Kier alpha value is -5.04. The van der Waals surface area contributed by atoms with Gasteiger partial charge in [-0.2, -0.15) is 13.9 Å². The molecule has 46 heavy (non-hydrogen) atoms. The number of hydrogen-bond donors (Lipinski definition) is 3. The van der Waals surface area contributed by atoms with Crippen molar-refractivity contribution in [1.82, 2.24) is 24.7 Å². The number of aliphatic hydroxyl groups is 1. The second-order valence-electron chi connectivity index (χ2n) is 12.0. The first-order valence-corrected chi connectivity index (χ1v) is 15.0. The first-order chi connectivity index (χ1) is 22.0. The summed E-state index contributed by atoms with van der Waals surface area (Å²) in [5, 5.41) is 21.6. The van der Waals surface area contributed by atoms with Crippen molar-refractivity contribution in [1.29, 1.82) is 0 Å². The molecular formula is C33H34F2N6O5. The third-order valence-electron chi connectivity index (χ3n) is 7.90. The Morgan fingerprint density at radius 1 is 1.02 bits per heavy atom. The summed E-state index contributed by atoms with van der Waals surface area (Å²) in [5.74, 6) is -0.798. The highest BCUT2D eigenvalue weighted by molar-refractivity contribution is 6.05. The molecule has 13 heteroatoms. The highest BCUT2D eigenvalue weighted by Crippen LogP contribution is 2.32. The van der Waals surface area contributed by atoms with Gasteiger partial charge in [-0.1, -0.05) is 36.4 Å². The van der Waals surface area contributed by atoms with Crippen LogP contribution in [0.25, 0.3) is 27.7 Å². The SMILES string of the molecule is CC(C)(O)COc1ccc2c(C(=O)N[C@H]3CC[C@H](Oc4nn5c(-c6ccccc6)cccc5c4C(N)=O)CC3)nn(C(F)F)c2c1. The fourth-order valence-electron chi connectivity index (χ4n) is 5.71. The second kappa shape index (κ2) is 12.4. The quantitative estimate of drug-likeness (QED) is 0.194. The molecule has 0 radical (unpaired) electrons. The molecule has 0 spiro atoms. The van der Waals surface area contributed by atoms with Gasteiger partial charge in [0, 0.05) is 23.1 Å². The number of aromatic nitrogens is 4. The van der Waals surface area contributed by atoms with Crippen LogP contribution in [0.3, 0.4) is 0 Å². The van der Waals surface area contributed by atoms with Crippen LogP contribution in [0.1, 0.15) is 66.9 Å². The molecular weight excluding hydrogens is 598 g/mol. The van der Waals surface area contributed by atoms with Crippen molar-refractivity contribution in [3.63, 3.8) is 0 Å². The van der Waals surface area contributed by atoms with E-state index >= 15 is 0 Å². The average molecular weight is 633 g/mol. The zero-order valence-electron chi connectivity index (χ0n) is 25.3. The second-order valence-corrected chi connectivity index (χ2v) is 12.0. The average Bonchev–Trinajstić information content (AvgIpc) is 3.59. The Balaban J connectivity index is 1.14. The van der Waals surface area contributed by atoms with Crippen molar-refractivity contribution >= 4 is 28.2 Å². The number of carbonyl (C=O) groups excluding carboxylic acids is 2. The van der Waals surface area contributed by atoms with Crippen LogP contribution in [0.4, 0.5) is 8.78 Å². The number of alkyl halides is 2. The summed E-state index contributed by atoms with van der Waals surface area (Å²) < 4.78 is 41.6. The number of carbonyl (C=O) groups is 2. The lowest BCUT2D eigenvalue weighted by molar-refractivity contribution is 0.0284. The smallest absolute Gasteiger partial charge is 0.333 e. The molecule has 2 aromatic carbocycles. The third kappa shape index (κ3) is 6.36. The van der Waals surface area contributed by atoms with E-state index in [0.29, 0.717) is 35.9 Å². The van der Waals surface area contributed by atoms with Crippen LogP contribution < -0.4 is 20.5 Å². The lowest BCUT2D eigenvalue weighted by Crippen LogP contribution is -2.40. The summed E-state index contributed by atoms with van der Waals surface area (Å²) in [6.07, 6.45) is 1.92. The molecule has 0 aliphatic heterocycles. The van der Waals surface area contributed by atoms with E-state index < -0.39 is 24.0 Å². The van der Waals surface area contributed by atoms with E-state index in [-0.39, 0.29) is 52.5 Å². The van der Waals surface area contributed by atoms with Crippen molar-refractivity contribution in [3.8, 4) is 22.9 Å². The zero-order chi connectivity index (χ0) is 32.6. The molecule has 0 atom stereocenters. The molecule has 240 valence electrons. The number of fused-ring (bicyclic) bond motifs is 2. The van der Waals surface area contributed by atoms with Crippen molar-refractivity contribution in [2.24, 2.45) is 5.73 Å². The van der Waals surface area contributed by atoms with E-state index in [1.807, 2.05) is 42.5 Å². The summed E-state index contributed by atoms with van der Waals surface area (Å²) in [5.41, 5.74) is 7.00. The van der Waals surface area contributed by atoms with Crippen LogP contribution in [0.2, 0.25) is 0 Å². The monoisotopic (exact) mass is 632 g/mol. The Labute approximate surface area is 262 Å². The van der Waals surface area contributed by atoms with E-state index in [1.54, 1.807) is 30.5 Å². The lowest BCUT2D eigenvalue weighted by atomic mass is 9.92. The molecule has 1 aliphatic carbocycles. The number of hydrogen-bond acceptors (Lipinski definition) is 7. The standard InChI is InChI=1S/C33H34F2N6O5/c1-33(2,44)18-45-22-15-16-23-26(17-22)41(32(34)35)38-28(23)30(43)37-20-11-13-21(14-12-20)46-31-27(29(36)42)25-10-6-9-24(40(25)39-31)19-7-4-3-5-8-19/h3-10,15-17,20-21,32,44H,11-14,18H2,1-2H3,(H2,36,42)(H,37,43)/t20-,21-. The molecule has 5 aromatic rings. The molecule has 6 rings (SSSR count). The Morgan fingerprint density at radius 3 is 2.43 bits per heavy atom. The summed E-state index contributed by atoms with van der Waals surface area (Å²) in [6.45, 7) is 0.110. The highest BCUT2D eigenvalue weighted by Gasteiger charge is 2.29. The number of benzene rings is 2. The van der Waals surface area contributed by atoms with Gasteiger partial charge in [0.25, 0.3) is 11.8 Å². The molecule has 4 N–H and O–H groups in total. The van der Waals surface area contributed by atoms with Crippen LogP contribution in [0, 0.1) is 0 Å². The molecule has 11 nitrogen and oxygen atoms in total. The van der Waals surface area contributed by atoms with Crippen molar-refractivity contribution in [2.45, 2.75) is 63.8 Å². The van der Waals surface area contributed by atoms with E-state index in [2.05, 4.69) is 15.5 Å². The fraction of sp³-hybridized carbons (Fsp3) is 0.333. The highest BCUT2D eigenvalue weighted by atomic mass is 19.3. The molecule has 3 aromatic heterocycles. The number of amides is 2. The molecule has 0 unspecified atom stereocenters. The van der Waals surface area contributed by atoms with Crippen LogP contribution in [0.5, 0.6) is 11.6 Å². The van der Waals surface area contributed by atoms with Crippen molar-refractivity contribution in [3.05, 3.63) is 78.0 Å². The fourth-order valence-corrected chi connectivity index (χ4v) is 5.71. The third-order valence-corrected chi connectivity index (χ3v) is 7.90. The number of nitrogens with one attached hydrogen (secondary N) is 1. The van der Waals surface area contributed by atoms with Gasteiger partial charge in [0.15, 0.2) is 5.69 Å². The summed E-state index contributed by atoms with van der Waals surface area (Å²) in [4.78, 5) is 25.7. The van der Waals surface area contributed by atoms with Gasteiger partial charge < -0.3 is 25.6 Å². The Bertz CT molecular complexity index is 1890. The number of halogens is 2. The van der Waals surface area contributed by atoms with E-state index in [0.717, 1.165) is 11.3 Å². The molecule has 1 fully saturated rings. The minimum atomic E-state index is -2.98. The van der Waals surface area contributed by atoms with Crippen LogP contribution in [-0.4, -0.2) is 60.7 Å². The van der Waals surface area contributed by atoms with Crippen molar-refractivity contribution in [2.75, 3.05) is 6.61 Å². The van der Waals surface area contributed by atoms with Gasteiger partial charge in [-0.05, 0) is 63.8 Å². The van der Waals surface area contributed by atoms with Gasteiger partial charge in [0.1, 0.15) is 24.0 Å². The maximum Gasteiger partial charge on any atom is 0.333 e. The number of nitrogens with two attached hydrogens (primary N) is 1. The van der Waals surface area contributed by atoms with Crippen LogP contribution in [0.15, 0.2) is 66.7 Å². The predicted octanol–water partition coefficient (Wildman–Crippen LogP) is 5.11. The van der Waals surface area contributed by atoms with Gasteiger partial charge in [-0.3, -0.25) is 9.59 Å². The van der Waals surface area contributed by atoms with E-state index in [1.165, 1.54) is 12.1 Å². The summed E-state index contributed by atoms with van der Waals surface area (Å²) >= 11 is 0. The number of pyridine rings is 1. The van der Waals surface area contributed by atoms with Crippen LogP contribution >= 0.6 is 0 Å². The molecule has 0 bridgehead atoms. The number of ether oxygens (including phenoxy) is 2. The first kappa shape index (κ1) is 31.0. The minimum absolute atomic E-state index is 0.0404. The zero-order valence-corrected chi connectivity index (χ0v) is 25.3. The maximum atomic E-state index is 13.9. The Morgan fingerprint density at radius 2 is 1.76 bits per heavy atom. The first-order valence-electron chi connectivity index (χ1n) is 15.0. The minimum Gasteiger partial charge on any atom is -0.491 e. The largest absolute Gasteiger partial charge is 0.491 e. The number of rotatable bonds is 10. The van der Waals surface area contributed by atoms with E-state index in [9.17, 15) is 23.5 Å². The normalized spacial score (nSPS) is 17.0. The molecule has 1 aliphatic rings. The van der Waals surface area contributed by atoms with Gasteiger partial charge in [-0.25, -0.2) is 9.20 Å². The van der Waals surface area contributed by atoms with Crippen molar-refractivity contribution < 1.29 is 33.0 Å². The number of nitrogens with zero attached hydrogens (tertiary/aromatic N) is 4. The molecule has 1 saturated carbocycles. The maximum absolute atomic E-state index is 13.9. The summed E-state index contributed by atoms with van der Waals surface area (Å²) in [6, 6.07) is 19.3. The van der Waals surface area contributed by atoms with E-state index in [4.69, 9.17) is 15.2 Å². The summed E-state index contributed by atoms with van der Waals surface area (Å²) in [7, 11) is 0.